The van der Waals surface area contributed by atoms with Crippen molar-refractivity contribution >= 4 is 40.5 Å². The van der Waals surface area contributed by atoms with Crippen molar-refractivity contribution in [2.75, 3.05) is 13.1 Å². The van der Waals surface area contributed by atoms with Crippen LogP contribution in [-0.2, 0) is 9.59 Å². The molecule has 0 saturated carbocycles. The maximum Gasteiger partial charge on any atom is 0.254 e. The average molecular weight is 316 g/mol. The van der Waals surface area contributed by atoms with E-state index in [1.807, 2.05) is 0 Å². The van der Waals surface area contributed by atoms with Crippen molar-refractivity contribution < 1.29 is 14.4 Å². The van der Waals surface area contributed by atoms with Crippen LogP contribution in [-0.4, -0.2) is 55.4 Å². The summed E-state index contributed by atoms with van der Waals surface area (Å²) in [6.07, 6.45) is 0.577. The zero-order chi connectivity index (χ0) is 15.3. The number of aromatic nitrogens is 2. The highest BCUT2D eigenvalue weighted by Crippen LogP contribution is 2.24. The van der Waals surface area contributed by atoms with Crippen LogP contribution in [0.2, 0.25) is 0 Å². The van der Waals surface area contributed by atoms with E-state index in [4.69, 9.17) is 0 Å². The lowest BCUT2D eigenvalue weighted by molar-refractivity contribution is -0.144. The van der Waals surface area contributed by atoms with Crippen molar-refractivity contribution in [3.63, 3.8) is 0 Å². The molecular weight excluding hydrogens is 304 g/mol. The molecule has 1 aromatic carbocycles. The van der Waals surface area contributed by atoms with E-state index < -0.39 is 0 Å². The summed E-state index contributed by atoms with van der Waals surface area (Å²) in [6, 6.07) is 5.06. The minimum Gasteiger partial charge on any atom is -0.334 e. The Balaban J connectivity index is 1.47. The van der Waals surface area contributed by atoms with Gasteiger partial charge in [-0.1, -0.05) is 0 Å². The van der Waals surface area contributed by atoms with E-state index in [1.54, 1.807) is 23.1 Å². The summed E-state index contributed by atoms with van der Waals surface area (Å²) >= 11 is 1.11. The lowest BCUT2D eigenvalue weighted by Crippen LogP contribution is -2.62. The summed E-state index contributed by atoms with van der Waals surface area (Å²) in [7, 11) is 0. The van der Waals surface area contributed by atoms with Gasteiger partial charge in [-0.25, -0.2) is 0 Å². The number of hydrogen-bond donors (Lipinski definition) is 0. The summed E-state index contributed by atoms with van der Waals surface area (Å²) in [5, 5.41) is 0. The number of fused-ring (bicyclic) bond motifs is 1. The Hall–Kier alpha value is -2.35. The molecule has 0 bridgehead atoms. The molecule has 0 N–H and O–H groups in total. The summed E-state index contributed by atoms with van der Waals surface area (Å²) in [5.41, 5.74) is 2.03. The molecule has 2 aliphatic rings. The summed E-state index contributed by atoms with van der Waals surface area (Å²) in [4.78, 5) is 38.7. The second-order valence-corrected chi connectivity index (χ2v) is 6.02. The van der Waals surface area contributed by atoms with E-state index >= 15 is 0 Å². The smallest absolute Gasteiger partial charge is 0.254 e. The molecule has 4 rings (SSSR count). The van der Waals surface area contributed by atoms with E-state index in [-0.39, 0.29) is 36.6 Å². The molecule has 7 nitrogen and oxygen atoms in total. The number of carbonyl (C=O) groups is 3. The van der Waals surface area contributed by atoms with E-state index in [9.17, 15) is 14.4 Å². The molecule has 0 spiro atoms. The van der Waals surface area contributed by atoms with Crippen molar-refractivity contribution in [2.45, 2.75) is 18.9 Å². The SMILES string of the molecule is O=C(c1ccc2nsnc2c1)N1CC(N2C(=O)CCC2=O)C1. The van der Waals surface area contributed by atoms with Gasteiger partial charge < -0.3 is 4.90 Å². The van der Waals surface area contributed by atoms with Gasteiger partial charge in [-0.2, -0.15) is 8.75 Å². The van der Waals surface area contributed by atoms with Crippen molar-refractivity contribution in [2.24, 2.45) is 0 Å². The lowest BCUT2D eigenvalue weighted by Gasteiger charge is -2.43. The number of likely N-dealkylation sites (tertiary alicyclic amines) is 2. The third kappa shape index (κ3) is 1.98. The van der Waals surface area contributed by atoms with Crippen molar-refractivity contribution in [3.05, 3.63) is 23.8 Å². The summed E-state index contributed by atoms with van der Waals surface area (Å²) in [5.74, 6) is -0.362. The molecule has 0 radical (unpaired) electrons. The van der Waals surface area contributed by atoms with Crippen molar-refractivity contribution in [3.8, 4) is 0 Å². The van der Waals surface area contributed by atoms with Crippen LogP contribution in [0.25, 0.3) is 11.0 Å². The molecule has 2 saturated heterocycles. The third-order valence-electron chi connectivity index (χ3n) is 4.11. The highest BCUT2D eigenvalue weighted by molar-refractivity contribution is 7.00. The second kappa shape index (κ2) is 4.84. The van der Waals surface area contributed by atoms with Crippen LogP contribution in [0.4, 0.5) is 0 Å². The fourth-order valence-electron chi connectivity index (χ4n) is 2.88. The maximum atomic E-state index is 12.4. The predicted molar refractivity (Wildman–Crippen MR) is 78.2 cm³/mol. The van der Waals surface area contributed by atoms with Gasteiger partial charge in [-0.15, -0.1) is 0 Å². The molecular formula is C14H12N4O3S. The predicted octanol–water partition coefficient (Wildman–Crippen LogP) is 0.665. The third-order valence-corrected chi connectivity index (χ3v) is 4.66. The van der Waals surface area contributed by atoms with Gasteiger partial charge in [0.25, 0.3) is 5.91 Å². The second-order valence-electron chi connectivity index (χ2n) is 5.49. The van der Waals surface area contributed by atoms with Gasteiger partial charge in [0, 0.05) is 31.5 Å². The Bertz CT molecular complexity index is 780. The Morgan fingerprint density at radius 3 is 2.50 bits per heavy atom. The van der Waals surface area contributed by atoms with Gasteiger partial charge in [-0.3, -0.25) is 19.3 Å². The quantitative estimate of drug-likeness (QED) is 0.760. The van der Waals surface area contributed by atoms with Crippen LogP contribution >= 0.6 is 11.7 Å². The van der Waals surface area contributed by atoms with E-state index in [1.165, 1.54) is 4.90 Å². The topological polar surface area (TPSA) is 83.5 Å². The molecule has 2 aromatic rings. The summed E-state index contributed by atoms with van der Waals surface area (Å²) < 4.78 is 8.23. The van der Waals surface area contributed by atoms with Gasteiger partial charge in [0.2, 0.25) is 11.8 Å². The maximum absolute atomic E-state index is 12.4. The average Bonchev–Trinajstić information content (AvgIpc) is 3.05. The minimum absolute atomic E-state index is 0.106. The standard InChI is InChI=1S/C14H12N4O3S/c19-12-3-4-13(20)18(12)9-6-17(7-9)14(21)8-1-2-10-11(5-8)16-22-15-10/h1-2,5,9H,3-4,6-7H2. The van der Waals surface area contributed by atoms with Gasteiger partial charge in [0.05, 0.1) is 17.8 Å². The van der Waals surface area contributed by atoms with E-state index in [0.29, 0.717) is 24.2 Å². The molecule has 0 unspecified atom stereocenters. The van der Waals surface area contributed by atoms with Gasteiger partial charge in [0.15, 0.2) is 0 Å². The first-order valence-corrected chi connectivity index (χ1v) is 7.73. The highest BCUT2D eigenvalue weighted by Gasteiger charge is 2.42. The lowest BCUT2D eigenvalue weighted by atomic mass is 10.0. The molecule has 8 heteroatoms. The van der Waals surface area contributed by atoms with Crippen LogP contribution in [0, 0.1) is 0 Å². The van der Waals surface area contributed by atoms with Gasteiger partial charge in [0.1, 0.15) is 11.0 Å². The number of nitrogens with zero attached hydrogens (tertiary/aromatic N) is 4. The molecule has 22 heavy (non-hydrogen) atoms. The Morgan fingerprint density at radius 2 is 1.77 bits per heavy atom. The van der Waals surface area contributed by atoms with Gasteiger partial charge >= 0.3 is 0 Å². The van der Waals surface area contributed by atoms with Crippen molar-refractivity contribution in [1.82, 2.24) is 18.5 Å². The zero-order valence-corrected chi connectivity index (χ0v) is 12.4. The van der Waals surface area contributed by atoms with Crippen molar-refractivity contribution in [1.29, 1.82) is 0 Å². The first-order chi connectivity index (χ1) is 10.6. The molecule has 1 aromatic heterocycles. The number of imide groups is 1. The number of amides is 3. The Kier molecular flexibility index (Phi) is 2.93. The first-order valence-electron chi connectivity index (χ1n) is 7.00. The molecule has 0 aliphatic carbocycles. The Morgan fingerprint density at radius 1 is 1.09 bits per heavy atom. The number of hydrogen-bond acceptors (Lipinski definition) is 6. The largest absolute Gasteiger partial charge is 0.334 e. The first kappa shape index (κ1) is 13.3. The number of benzene rings is 1. The van der Waals surface area contributed by atoms with Gasteiger partial charge in [-0.05, 0) is 18.2 Å². The highest BCUT2D eigenvalue weighted by atomic mass is 32.1. The van der Waals surface area contributed by atoms with Crippen LogP contribution < -0.4 is 0 Å². The Labute approximate surface area is 129 Å². The molecule has 2 aliphatic heterocycles. The fourth-order valence-corrected chi connectivity index (χ4v) is 3.40. The normalized spacial score (nSPS) is 19.1. The summed E-state index contributed by atoms with van der Waals surface area (Å²) in [6.45, 7) is 0.813. The molecule has 3 heterocycles. The monoisotopic (exact) mass is 316 g/mol. The molecule has 2 fully saturated rings. The molecule has 0 atom stereocenters. The zero-order valence-electron chi connectivity index (χ0n) is 11.6. The van der Waals surface area contributed by atoms with E-state index in [0.717, 1.165) is 17.2 Å². The van der Waals surface area contributed by atoms with E-state index in [2.05, 4.69) is 8.75 Å². The molecule has 112 valence electrons. The minimum atomic E-state index is -0.170. The number of rotatable bonds is 2. The fraction of sp³-hybridized carbons (Fsp3) is 0.357. The number of carbonyl (C=O) groups excluding carboxylic acids is 3. The molecule has 3 amide bonds. The van der Waals surface area contributed by atoms with Crippen LogP contribution in [0.5, 0.6) is 0 Å². The van der Waals surface area contributed by atoms with Crippen LogP contribution in [0.1, 0.15) is 23.2 Å². The van der Waals surface area contributed by atoms with Crippen LogP contribution in [0.3, 0.4) is 0 Å². The van der Waals surface area contributed by atoms with Crippen LogP contribution in [0.15, 0.2) is 18.2 Å².